The Morgan fingerprint density at radius 2 is 2.00 bits per heavy atom. The van der Waals surface area contributed by atoms with Gasteiger partial charge in [0.1, 0.15) is 6.04 Å². The van der Waals surface area contributed by atoms with Crippen molar-refractivity contribution in [3.8, 4) is 0 Å². The molecular formula is C7H15NO4S. The highest BCUT2D eigenvalue weighted by molar-refractivity contribution is 7.89. The Labute approximate surface area is 78.2 Å². The lowest BCUT2D eigenvalue weighted by molar-refractivity contribution is -0.139. The van der Waals surface area contributed by atoms with Crippen LogP contribution in [-0.4, -0.2) is 31.3 Å². The molecule has 13 heavy (non-hydrogen) atoms. The number of nitrogens with one attached hydrogen (secondary N) is 1. The van der Waals surface area contributed by atoms with E-state index in [1.807, 2.05) is 0 Å². The van der Waals surface area contributed by atoms with Crippen LogP contribution in [-0.2, 0) is 14.8 Å². The van der Waals surface area contributed by atoms with Crippen LogP contribution in [0.4, 0.5) is 0 Å². The lowest BCUT2D eigenvalue weighted by atomic mass is 10.2. The van der Waals surface area contributed by atoms with Crippen molar-refractivity contribution < 1.29 is 18.3 Å². The third-order valence-electron chi connectivity index (χ3n) is 1.50. The first-order valence-corrected chi connectivity index (χ1v) is 5.81. The summed E-state index contributed by atoms with van der Waals surface area (Å²) in [4.78, 5) is 10.5. The van der Waals surface area contributed by atoms with Gasteiger partial charge in [0.05, 0.1) is 5.75 Å². The second-order valence-corrected chi connectivity index (χ2v) is 4.61. The molecule has 1 atom stereocenters. The molecule has 0 saturated carbocycles. The Morgan fingerprint density at radius 3 is 2.31 bits per heavy atom. The van der Waals surface area contributed by atoms with Crippen molar-refractivity contribution >= 4 is 16.0 Å². The second kappa shape index (κ2) is 5.18. The summed E-state index contributed by atoms with van der Waals surface area (Å²) in [5.74, 6) is -1.17. The number of rotatable bonds is 6. The number of hydrogen-bond donors (Lipinski definition) is 2. The van der Waals surface area contributed by atoms with Crippen LogP contribution in [0.25, 0.3) is 0 Å². The van der Waals surface area contributed by atoms with E-state index in [0.29, 0.717) is 6.42 Å². The van der Waals surface area contributed by atoms with Gasteiger partial charge in [-0.05, 0) is 12.8 Å². The third kappa shape index (κ3) is 4.84. The van der Waals surface area contributed by atoms with Gasteiger partial charge < -0.3 is 5.11 Å². The van der Waals surface area contributed by atoms with Gasteiger partial charge in [-0.15, -0.1) is 0 Å². The van der Waals surface area contributed by atoms with E-state index < -0.39 is 22.0 Å². The molecule has 0 aromatic rings. The average Bonchev–Trinajstić information content (AvgIpc) is 1.99. The minimum atomic E-state index is -3.42. The van der Waals surface area contributed by atoms with Crippen LogP contribution in [0.2, 0.25) is 0 Å². The van der Waals surface area contributed by atoms with Crippen molar-refractivity contribution in [1.29, 1.82) is 0 Å². The Hall–Kier alpha value is -0.620. The fourth-order valence-electron chi connectivity index (χ4n) is 0.853. The summed E-state index contributed by atoms with van der Waals surface area (Å²) in [6.07, 6.45) is 0.726. The highest BCUT2D eigenvalue weighted by atomic mass is 32.2. The standard InChI is InChI=1S/C7H15NO4S/c1-3-5-13(11,12)8-6(4-2)7(9)10/h6,8H,3-5H2,1-2H3,(H,9,10)/t6-/m0/s1. The number of carboxylic acid groups (broad SMARTS) is 1. The molecule has 0 unspecified atom stereocenters. The van der Waals surface area contributed by atoms with Gasteiger partial charge in [-0.2, -0.15) is 0 Å². The number of aliphatic carboxylic acids is 1. The first kappa shape index (κ1) is 12.4. The van der Waals surface area contributed by atoms with Gasteiger partial charge in [0.15, 0.2) is 0 Å². The monoisotopic (exact) mass is 209 g/mol. The van der Waals surface area contributed by atoms with Crippen LogP contribution >= 0.6 is 0 Å². The molecule has 0 amide bonds. The predicted octanol–water partition coefficient (Wildman–Crippen LogP) is 0.179. The maximum Gasteiger partial charge on any atom is 0.321 e. The molecule has 0 aromatic heterocycles. The van der Waals surface area contributed by atoms with Crippen LogP contribution in [0.1, 0.15) is 26.7 Å². The SMILES string of the molecule is CCCS(=O)(=O)N[C@@H](CC)C(=O)O. The van der Waals surface area contributed by atoms with E-state index in [-0.39, 0.29) is 12.2 Å². The Morgan fingerprint density at radius 1 is 1.46 bits per heavy atom. The van der Waals surface area contributed by atoms with Gasteiger partial charge >= 0.3 is 5.97 Å². The molecule has 0 spiro atoms. The topological polar surface area (TPSA) is 83.5 Å². The Balaban J connectivity index is 4.31. The maximum absolute atomic E-state index is 11.1. The summed E-state index contributed by atoms with van der Waals surface area (Å²) in [6.45, 7) is 3.34. The molecule has 0 rings (SSSR count). The Bertz CT molecular complexity index is 260. The number of sulfonamides is 1. The molecule has 0 bridgehead atoms. The van der Waals surface area contributed by atoms with Crippen molar-refractivity contribution in [2.24, 2.45) is 0 Å². The van der Waals surface area contributed by atoms with Crippen molar-refractivity contribution in [3.63, 3.8) is 0 Å². The van der Waals surface area contributed by atoms with Gasteiger partial charge in [-0.1, -0.05) is 13.8 Å². The molecule has 5 nitrogen and oxygen atoms in total. The van der Waals surface area contributed by atoms with Crippen LogP contribution in [0.3, 0.4) is 0 Å². The molecule has 0 aliphatic carbocycles. The number of carbonyl (C=O) groups is 1. The zero-order valence-corrected chi connectivity index (χ0v) is 8.60. The molecule has 0 saturated heterocycles. The fraction of sp³-hybridized carbons (Fsp3) is 0.857. The predicted molar refractivity (Wildman–Crippen MR) is 48.9 cm³/mol. The summed E-state index contributed by atoms with van der Waals surface area (Å²) < 4.78 is 24.4. The third-order valence-corrected chi connectivity index (χ3v) is 3.09. The van der Waals surface area contributed by atoms with Gasteiger partial charge in [0, 0.05) is 0 Å². The highest BCUT2D eigenvalue weighted by Crippen LogP contribution is 1.96. The molecule has 0 radical (unpaired) electrons. The van der Waals surface area contributed by atoms with Crippen LogP contribution in [0.15, 0.2) is 0 Å². The first-order valence-electron chi connectivity index (χ1n) is 4.15. The summed E-state index contributed by atoms with van der Waals surface area (Å²) in [6, 6.07) is -1.00. The summed E-state index contributed by atoms with van der Waals surface area (Å²) in [5.41, 5.74) is 0. The van der Waals surface area contributed by atoms with Crippen LogP contribution in [0.5, 0.6) is 0 Å². The fourth-order valence-corrected chi connectivity index (χ4v) is 2.21. The van der Waals surface area contributed by atoms with Gasteiger partial charge in [0.25, 0.3) is 0 Å². The second-order valence-electron chi connectivity index (χ2n) is 2.74. The smallest absolute Gasteiger partial charge is 0.321 e. The quantitative estimate of drug-likeness (QED) is 0.653. The molecule has 0 aliphatic rings. The molecule has 2 N–H and O–H groups in total. The van der Waals surface area contributed by atoms with E-state index >= 15 is 0 Å². The zero-order chi connectivity index (χ0) is 10.5. The number of carboxylic acids is 1. The average molecular weight is 209 g/mol. The molecule has 0 aromatic carbocycles. The van der Waals surface area contributed by atoms with Crippen LogP contribution < -0.4 is 4.72 Å². The molecule has 0 aliphatic heterocycles. The molecular weight excluding hydrogens is 194 g/mol. The molecule has 78 valence electrons. The van der Waals surface area contributed by atoms with Gasteiger partial charge in [-0.25, -0.2) is 13.1 Å². The zero-order valence-electron chi connectivity index (χ0n) is 7.78. The van der Waals surface area contributed by atoms with E-state index in [1.54, 1.807) is 13.8 Å². The number of hydrogen-bond acceptors (Lipinski definition) is 3. The van der Waals surface area contributed by atoms with Crippen molar-refractivity contribution in [1.82, 2.24) is 4.72 Å². The van der Waals surface area contributed by atoms with Crippen molar-refractivity contribution in [2.45, 2.75) is 32.7 Å². The highest BCUT2D eigenvalue weighted by Gasteiger charge is 2.20. The van der Waals surface area contributed by atoms with E-state index in [1.165, 1.54) is 0 Å². The minimum absolute atomic E-state index is 0.0310. The summed E-state index contributed by atoms with van der Waals surface area (Å²) in [7, 11) is -3.42. The molecule has 6 heteroatoms. The van der Waals surface area contributed by atoms with E-state index in [0.717, 1.165) is 0 Å². The first-order chi connectivity index (χ1) is 5.93. The lowest BCUT2D eigenvalue weighted by Gasteiger charge is -2.11. The van der Waals surface area contributed by atoms with Crippen molar-refractivity contribution in [3.05, 3.63) is 0 Å². The minimum Gasteiger partial charge on any atom is -0.480 e. The van der Waals surface area contributed by atoms with E-state index in [4.69, 9.17) is 5.11 Å². The van der Waals surface area contributed by atoms with Crippen LogP contribution in [0, 0.1) is 0 Å². The summed E-state index contributed by atoms with van der Waals surface area (Å²) in [5, 5.41) is 8.58. The van der Waals surface area contributed by atoms with Gasteiger partial charge in [-0.3, -0.25) is 4.79 Å². The van der Waals surface area contributed by atoms with E-state index in [2.05, 4.69) is 4.72 Å². The molecule has 0 fully saturated rings. The lowest BCUT2D eigenvalue weighted by Crippen LogP contribution is -2.41. The van der Waals surface area contributed by atoms with E-state index in [9.17, 15) is 13.2 Å². The molecule has 0 heterocycles. The van der Waals surface area contributed by atoms with Crippen molar-refractivity contribution in [2.75, 3.05) is 5.75 Å². The maximum atomic E-state index is 11.1. The Kier molecular flexibility index (Phi) is 4.94. The largest absolute Gasteiger partial charge is 0.480 e. The van der Waals surface area contributed by atoms with Gasteiger partial charge in [0.2, 0.25) is 10.0 Å². The normalized spacial score (nSPS) is 14.0. The summed E-state index contributed by atoms with van der Waals surface area (Å²) >= 11 is 0.